The van der Waals surface area contributed by atoms with E-state index in [1.807, 2.05) is 6.92 Å². The van der Waals surface area contributed by atoms with E-state index in [1.165, 1.54) is 6.07 Å². The van der Waals surface area contributed by atoms with Gasteiger partial charge in [0.15, 0.2) is 0 Å². The standard InChI is InChI=1S/C12H13N3O2/c1-7-3-4-9(6-10(7)16)14-12-13-8(2)5-11(17)15-12/h3-6,16H,1-2H3,(H2,13,14,15,17). The molecule has 1 aromatic heterocycles. The maximum atomic E-state index is 11.2. The number of aromatic hydroxyl groups is 1. The molecule has 0 fully saturated rings. The summed E-state index contributed by atoms with van der Waals surface area (Å²) in [4.78, 5) is 17.9. The van der Waals surface area contributed by atoms with Crippen LogP contribution in [0.25, 0.3) is 0 Å². The van der Waals surface area contributed by atoms with E-state index < -0.39 is 0 Å². The van der Waals surface area contributed by atoms with Gasteiger partial charge in [0.2, 0.25) is 5.95 Å². The summed E-state index contributed by atoms with van der Waals surface area (Å²) in [6.45, 7) is 3.55. The van der Waals surface area contributed by atoms with Crippen molar-refractivity contribution in [1.29, 1.82) is 0 Å². The van der Waals surface area contributed by atoms with Gasteiger partial charge in [0, 0.05) is 23.5 Å². The predicted molar refractivity (Wildman–Crippen MR) is 65.7 cm³/mol. The van der Waals surface area contributed by atoms with Crippen LogP contribution in [-0.2, 0) is 0 Å². The molecule has 1 heterocycles. The fourth-order valence-electron chi connectivity index (χ4n) is 1.46. The van der Waals surface area contributed by atoms with Gasteiger partial charge < -0.3 is 10.4 Å². The monoisotopic (exact) mass is 231 g/mol. The van der Waals surface area contributed by atoms with E-state index in [0.29, 0.717) is 17.3 Å². The molecule has 2 rings (SSSR count). The molecule has 5 nitrogen and oxygen atoms in total. The highest BCUT2D eigenvalue weighted by Gasteiger charge is 2.01. The summed E-state index contributed by atoms with van der Waals surface area (Å²) in [5.41, 5.74) is 1.88. The Bertz CT molecular complexity index is 605. The molecule has 2 aromatic rings. The van der Waals surface area contributed by atoms with Crippen molar-refractivity contribution in [3.63, 3.8) is 0 Å². The SMILES string of the molecule is Cc1cc(=O)[nH]c(Nc2ccc(C)c(O)c2)n1. The Morgan fingerprint density at radius 2 is 2.06 bits per heavy atom. The van der Waals surface area contributed by atoms with Gasteiger partial charge in [0.05, 0.1) is 0 Å². The topological polar surface area (TPSA) is 78.0 Å². The highest BCUT2D eigenvalue weighted by Crippen LogP contribution is 2.22. The summed E-state index contributed by atoms with van der Waals surface area (Å²) in [5.74, 6) is 0.559. The largest absolute Gasteiger partial charge is 0.508 e. The van der Waals surface area contributed by atoms with Crippen LogP contribution < -0.4 is 10.9 Å². The van der Waals surface area contributed by atoms with Crippen LogP contribution in [0.3, 0.4) is 0 Å². The number of aryl methyl sites for hydroxylation is 2. The lowest BCUT2D eigenvalue weighted by atomic mass is 10.2. The Morgan fingerprint density at radius 3 is 2.71 bits per heavy atom. The van der Waals surface area contributed by atoms with Crippen LogP contribution in [0.15, 0.2) is 29.1 Å². The maximum absolute atomic E-state index is 11.2. The van der Waals surface area contributed by atoms with Crippen LogP contribution in [0.5, 0.6) is 5.75 Å². The van der Waals surface area contributed by atoms with Crippen LogP contribution in [0, 0.1) is 13.8 Å². The van der Waals surface area contributed by atoms with Crippen molar-refractivity contribution in [2.24, 2.45) is 0 Å². The van der Waals surface area contributed by atoms with Gasteiger partial charge in [0.1, 0.15) is 5.75 Å². The van der Waals surface area contributed by atoms with Gasteiger partial charge in [-0.2, -0.15) is 0 Å². The van der Waals surface area contributed by atoms with E-state index in [4.69, 9.17) is 0 Å². The van der Waals surface area contributed by atoms with Crippen LogP contribution >= 0.6 is 0 Å². The van der Waals surface area contributed by atoms with E-state index >= 15 is 0 Å². The number of aromatic nitrogens is 2. The van der Waals surface area contributed by atoms with E-state index in [0.717, 1.165) is 5.56 Å². The molecule has 0 saturated heterocycles. The third kappa shape index (κ3) is 2.63. The zero-order valence-electron chi connectivity index (χ0n) is 9.61. The zero-order chi connectivity index (χ0) is 12.4. The molecule has 88 valence electrons. The van der Waals surface area contributed by atoms with E-state index in [-0.39, 0.29) is 11.3 Å². The zero-order valence-corrected chi connectivity index (χ0v) is 9.61. The number of anilines is 2. The van der Waals surface area contributed by atoms with Gasteiger partial charge in [-0.05, 0) is 25.5 Å². The summed E-state index contributed by atoms with van der Waals surface area (Å²) in [7, 11) is 0. The number of nitrogens with zero attached hydrogens (tertiary/aromatic N) is 1. The van der Waals surface area contributed by atoms with Gasteiger partial charge in [-0.3, -0.25) is 9.78 Å². The first kappa shape index (κ1) is 11.2. The highest BCUT2D eigenvalue weighted by atomic mass is 16.3. The average molecular weight is 231 g/mol. The van der Waals surface area contributed by atoms with Gasteiger partial charge in [-0.1, -0.05) is 6.07 Å². The smallest absolute Gasteiger partial charge is 0.252 e. The van der Waals surface area contributed by atoms with Crippen molar-refractivity contribution in [2.45, 2.75) is 13.8 Å². The molecule has 3 N–H and O–H groups in total. The second-order valence-electron chi connectivity index (χ2n) is 3.86. The number of H-pyrrole nitrogens is 1. The first-order valence-electron chi connectivity index (χ1n) is 5.19. The molecule has 0 atom stereocenters. The molecule has 1 aromatic carbocycles. The Balaban J connectivity index is 2.31. The van der Waals surface area contributed by atoms with Crippen molar-refractivity contribution in [3.05, 3.63) is 45.9 Å². The summed E-state index contributed by atoms with van der Waals surface area (Å²) in [6, 6.07) is 6.58. The highest BCUT2D eigenvalue weighted by molar-refractivity contribution is 5.57. The molecule has 0 unspecified atom stereocenters. The number of aromatic amines is 1. The number of phenols is 1. The molecule has 0 aliphatic rings. The van der Waals surface area contributed by atoms with Gasteiger partial charge in [-0.15, -0.1) is 0 Å². The summed E-state index contributed by atoms with van der Waals surface area (Å²) >= 11 is 0. The number of nitrogens with one attached hydrogen (secondary N) is 2. The van der Waals surface area contributed by atoms with Crippen molar-refractivity contribution >= 4 is 11.6 Å². The fourth-order valence-corrected chi connectivity index (χ4v) is 1.46. The second kappa shape index (κ2) is 4.29. The molecule has 0 saturated carbocycles. The molecule has 5 heteroatoms. The number of benzene rings is 1. The van der Waals surface area contributed by atoms with Crippen LogP contribution in [0.4, 0.5) is 11.6 Å². The Kier molecular flexibility index (Phi) is 2.82. The molecular weight excluding hydrogens is 218 g/mol. The number of hydrogen-bond acceptors (Lipinski definition) is 4. The lowest BCUT2D eigenvalue weighted by molar-refractivity contribution is 0.471. The molecule has 0 aliphatic heterocycles. The number of phenolic OH excluding ortho intramolecular Hbond substituents is 1. The third-order valence-corrected chi connectivity index (χ3v) is 2.34. The maximum Gasteiger partial charge on any atom is 0.252 e. The van der Waals surface area contributed by atoms with Crippen molar-refractivity contribution in [2.75, 3.05) is 5.32 Å². The Labute approximate surface area is 98.2 Å². The van der Waals surface area contributed by atoms with Crippen molar-refractivity contribution < 1.29 is 5.11 Å². The lowest BCUT2D eigenvalue weighted by Crippen LogP contribution is -2.10. The van der Waals surface area contributed by atoms with Gasteiger partial charge in [0.25, 0.3) is 5.56 Å². The molecular formula is C12H13N3O2. The van der Waals surface area contributed by atoms with E-state index in [9.17, 15) is 9.90 Å². The number of rotatable bonds is 2. The molecule has 0 radical (unpaired) electrons. The number of hydrogen-bond donors (Lipinski definition) is 3. The van der Waals surface area contributed by atoms with Gasteiger partial charge >= 0.3 is 0 Å². The minimum Gasteiger partial charge on any atom is -0.508 e. The van der Waals surface area contributed by atoms with Crippen LogP contribution in [-0.4, -0.2) is 15.1 Å². The molecule has 0 aliphatic carbocycles. The predicted octanol–water partition coefficient (Wildman–Crippen LogP) is 1.84. The first-order chi connectivity index (χ1) is 8.04. The molecule has 0 amide bonds. The van der Waals surface area contributed by atoms with Crippen molar-refractivity contribution in [1.82, 2.24) is 9.97 Å². The molecule has 0 bridgehead atoms. The summed E-state index contributed by atoms with van der Waals surface area (Å²) in [6.07, 6.45) is 0. The van der Waals surface area contributed by atoms with Gasteiger partial charge in [-0.25, -0.2) is 4.98 Å². The third-order valence-electron chi connectivity index (χ3n) is 2.34. The van der Waals surface area contributed by atoms with E-state index in [2.05, 4.69) is 15.3 Å². The second-order valence-corrected chi connectivity index (χ2v) is 3.86. The lowest BCUT2D eigenvalue weighted by Gasteiger charge is -2.07. The molecule has 0 spiro atoms. The minimum atomic E-state index is -0.212. The summed E-state index contributed by atoms with van der Waals surface area (Å²) < 4.78 is 0. The average Bonchev–Trinajstić information content (AvgIpc) is 2.22. The van der Waals surface area contributed by atoms with Crippen LogP contribution in [0.2, 0.25) is 0 Å². The summed E-state index contributed by atoms with van der Waals surface area (Å²) in [5, 5.41) is 12.5. The Hall–Kier alpha value is -2.30. The van der Waals surface area contributed by atoms with Crippen LogP contribution in [0.1, 0.15) is 11.3 Å². The minimum absolute atomic E-state index is 0.199. The van der Waals surface area contributed by atoms with E-state index in [1.54, 1.807) is 25.1 Å². The fraction of sp³-hybridized carbons (Fsp3) is 0.167. The Morgan fingerprint density at radius 1 is 1.29 bits per heavy atom. The normalized spacial score (nSPS) is 10.2. The molecule has 17 heavy (non-hydrogen) atoms. The first-order valence-corrected chi connectivity index (χ1v) is 5.19. The quantitative estimate of drug-likeness (QED) is 0.736. The van der Waals surface area contributed by atoms with Crippen molar-refractivity contribution in [3.8, 4) is 5.75 Å².